The number of aryl methyl sites for hydroxylation is 1. The van der Waals surface area contributed by atoms with Gasteiger partial charge in [0, 0.05) is 18.5 Å². The van der Waals surface area contributed by atoms with Gasteiger partial charge < -0.3 is 0 Å². The van der Waals surface area contributed by atoms with Crippen molar-refractivity contribution >= 4 is 0 Å². The highest BCUT2D eigenvalue weighted by atomic mass is 15.2. The highest BCUT2D eigenvalue weighted by Gasteiger charge is 2.35. The summed E-state index contributed by atoms with van der Waals surface area (Å²) in [5.74, 6) is 0.543. The molecule has 1 nitrogen and oxygen atoms in total. The molecule has 0 amide bonds. The zero-order valence-electron chi connectivity index (χ0n) is 12.0. The van der Waals surface area contributed by atoms with Crippen LogP contribution in [-0.2, 0) is 0 Å². The Labute approximate surface area is 121 Å². The second-order valence-corrected chi connectivity index (χ2v) is 6.25. The van der Waals surface area contributed by atoms with Crippen LogP contribution in [0.25, 0.3) is 0 Å². The summed E-state index contributed by atoms with van der Waals surface area (Å²) >= 11 is 0. The molecule has 0 N–H and O–H groups in total. The fourth-order valence-corrected chi connectivity index (χ4v) is 3.95. The first-order chi connectivity index (χ1) is 9.83. The fourth-order valence-electron chi connectivity index (χ4n) is 3.95. The van der Waals surface area contributed by atoms with Gasteiger partial charge in [-0.3, -0.25) is 4.90 Å². The van der Waals surface area contributed by atoms with E-state index in [4.69, 9.17) is 0 Å². The highest BCUT2D eigenvalue weighted by Crippen LogP contribution is 2.43. The minimum absolute atomic E-state index is 0.543. The Morgan fingerprint density at radius 2 is 1.70 bits per heavy atom. The van der Waals surface area contributed by atoms with Gasteiger partial charge in [-0.2, -0.15) is 0 Å². The smallest absolute Gasteiger partial charge is 0.0351 e. The van der Waals surface area contributed by atoms with Crippen molar-refractivity contribution in [2.45, 2.75) is 31.7 Å². The Morgan fingerprint density at radius 3 is 2.50 bits per heavy atom. The molecule has 2 aromatic rings. The van der Waals surface area contributed by atoms with Crippen LogP contribution in [0.5, 0.6) is 0 Å². The normalized spacial score (nSPS) is 25.2. The highest BCUT2D eigenvalue weighted by molar-refractivity contribution is 5.43. The van der Waals surface area contributed by atoms with E-state index in [1.807, 2.05) is 0 Å². The summed E-state index contributed by atoms with van der Waals surface area (Å²) in [6.45, 7) is 4.61. The molecule has 2 heterocycles. The van der Waals surface area contributed by atoms with Crippen LogP contribution in [-0.4, -0.2) is 18.0 Å². The Morgan fingerprint density at radius 1 is 0.950 bits per heavy atom. The number of hydrogen-bond acceptors (Lipinski definition) is 1. The average Bonchev–Trinajstić information content (AvgIpc) is 2.96. The minimum atomic E-state index is 0.543. The standard InChI is InChI=1S/C19H21N/c1-14-8-10-15(11-9-14)18-13-20-12-4-7-19(20)17-6-3-2-5-16(17)18/h2-3,5-6,8-11,18-19H,4,7,12-13H2,1H3/t18-,19+/m0/s1. The van der Waals surface area contributed by atoms with E-state index in [0.717, 1.165) is 0 Å². The van der Waals surface area contributed by atoms with E-state index in [0.29, 0.717) is 12.0 Å². The molecule has 4 rings (SSSR count). The largest absolute Gasteiger partial charge is 0.295 e. The van der Waals surface area contributed by atoms with Crippen molar-refractivity contribution in [2.24, 2.45) is 0 Å². The maximum Gasteiger partial charge on any atom is 0.0351 e. The van der Waals surface area contributed by atoms with Crippen LogP contribution >= 0.6 is 0 Å². The lowest BCUT2D eigenvalue weighted by molar-refractivity contribution is 0.230. The van der Waals surface area contributed by atoms with Gasteiger partial charge in [-0.1, -0.05) is 54.1 Å². The van der Waals surface area contributed by atoms with Gasteiger partial charge in [-0.15, -0.1) is 0 Å². The lowest BCUT2D eigenvalue weighted by Crippen LogP contribution is -2.34. The molecule has 2 aromatic carbocycles. The predicted molar refractivity (Wildman–Crippen MR) is 83.0 cm³/mol. The number of nitrogens with zero attached hydrogens (tertiary/aromatic N) is 1. The molecule has 2 atom stereocenters. The number of rotatable bonds is 1. The van der Waals surface area contributed by atoms with Gasteiger partial charge in [-0.05, 0) is 43.0 Å². The monoisotopic (exact) mass is 263 g/mol. The summed E-state index contributed by atoms with van der Waals surface area (Å²) < 4.78 is 0. The van der Waals surface area contributed by atoms with E-state index in [1.54, 1.807) is 11.1 Å². The maximum atomic E-state index is 2.69. The lowest BCUT2D eigenvalue weighted by Gasteiger charge is -2.37. The zero-order chi connectivity index (χ0) is 13.5. The molecule has 0 aromatic heterocycles. The molecule has 0 bridgehead atoms. The average molecular weight is 263 g/mol. The Kier molecular flexibility index (Phi) is 2.89. The van der Waals surface area contributed by atoms with Crippen molar-refractivity contribution in [3.63, 3.8) is 0 Å². The number of benzene rings is 2. The first-order valence-corrected chi connectivity index (χ1v) is 7.72. The molecule has 2 aliphatic heterocycles. The molecule has 0 spiro atoms. The quantitative estimate of drug-likeness (QED) is 0.742. The van der Waals surface area contributed by atoms with Crippen molar-refractivity contribution in [1.29, 1.82) is 0 Å². The van der Waals surface area contributed by atoms with Crippen molar-refractivity contribution in [1.82, 2.24) is 4.90 Å². The SMILES string of the molecule is Cc1ccc([C@@H]2CN3CCC[C@@H]3c3ccccc32)cc1. The molecule has 20 heavy (non-hydrogen) atoms. The van der Waals surface area contributed by atoms with E-state index in [1.165, 1.54) is 37.1 Å². The van der Waals surface area contributed by atoms with Crippen LogP contribution in [0, 0.1) is 6.92 Å². The van der Waals surface area contributed by atoms with Crippen LogP contribution in [0.4, 0.5) is 0 Å². The van der Waals surface area contributed by atoms with Gasteiger partial charge in [-0.25, -0.2) is 0 Å². The summed E-state index contributed by atoms with van der Waals surface area (Å²) in [5, 5.41) is 0. The molecule has 0 saturated carbocycles. The topological polar surface area (TPSA) is 3.24 Å². The molecular formula is C19H21N. The minimum Gasteiger partial charge on any atom is -0.295 e. The third kappa shape index (κ3) is 1.89. The third-order valence-electron chi connectivity index (χ3n) is 4.99. The Bertz CT molecular complexity index is 614. The third-order valence-corrected chi connectivity index (χ3v) is 4.99. The summed E-state index contributed by atoms with van der Waals surface area (Å²) in [7, 11) is 0. The van der Waals surface area contributed by atoms with Gasteiger partial charge in [0.1, 0.15) is 0 Å². The molecule has 102 valence electrons. The summed E-state index contributed by atoms with van der Waals surface area (Å²) in [6.07, 6.45) is 2.68. The molecule has 1 saturated heterocycles. The Hall–Kier alpha value is -1.60. The second kappa shape index (κ2) is 4.75. The van der Waals surface area contributed by atoms with E-state index >= 15 is 0 Å². The Balaban J connectivity index is 1.80. The fraction of sp³-hybridized carbons (Fsp3) is 0.368. The zero-order valence-corrected chi connectivity index (χ0v) is 12.0. The summed E-state index contributed by atoms with van der Waals surface area (Å²) in [4.78, 5) is 2.69. The van der Waals surface area contributed by atoms with Gasteiger partial charge in [0.2, 0.25) is 0 Å². The first-order valence-electron chi connectivity index (χ1n) is 7.72. The van der Waals surface area contributed by atoms with Crippen LogP contribution in [0.3, 0.4) is 0 Å². The van der Waals surface area contributed by atoms with Crippen molar-refractivity contribution < 1.29 is 0 Å². The van der Waals surface area contributed by atoms with Crippen LogP contribution < -0.4 is 0 Å². The maximum absolute atomic E-state index is 2.69. The molecule has 1 heteroatoms. The second-order valence-electron chi connectivity index (χ2n) is 6.25. The molecule has 1 fully saturated rings. The van der Waals surface area contributed by atoms with Gasteiger partial charge in [0.05, 0.1) is 0 Å². The van der Waals surface area contributed by atoms with E-state index in [-0.39, 0.29) is 0 Å². The van der Waals surface area contributed by atoms with Crippen molar-refractivity contribution in [2.75, 3.05) is 13.1 Å². The molecule has 0 unspecified atom stereocenters. The first kappa shape index (κ1) is 12.2. The predicted octanol–water partition coefficient (Wildman–Crippen LogP) is 4.28. The van der Waals surface area contributed by atoms with Gasteiger partial charge in [0.15, 0.2) is 0 Å². The van der Waals surface area contributed by atoms with Crippen molar-refractivity contribution in [3.05, 3.63) is 70.8 Å². The van der Waals surface area contributed by atoms with Crippen LogP contribution in [0.15, 0.2) is 48.5 Å². The van der Waals surface area contributed by atoms with E-state index in [9.17, 15) is 0 Å². The summed E-state index contributed by atoms with van der Waals surface area (Å²) in [6, 6.07) is 18.9. The van der Waals surface area contributed by atoms with E-state index in [2.05, 4.69) is 60.4 Å². The van der Waals surface area contributed by atoms with Gasteiger partial charge in [0.25, 0.3) is 0 Å². The van der Waals surface area contributed by atoms with Gasteiger partial charge >= 0.3 is 0 Å². The van der Waals surface area contributed by atoms with E-state index < -0.39 is 0 Å². The number of hydrogen-bond donors (Lipinski definition) is 0. The molecule has 0 aliphatic carbocycles. The van der Waals surface area contributed by atoms with Crippen molar-refractivity contribution in [3.8, 4) is 0 Å². The van der Waals surface area contributed by atoms with Crippen LogP contribution in [0.1, 0.15) is 47.1 Å². The lowest BCUT2D eigenvalue weighted by atomic mass is 9.81. The number of fused-ring (bicyclic) bond motifs is 3. The molecule has 0 radical (unpaired) electrons. The molecular weight excluding hydrogens is 242 g/mol. The molecule has 2 aliphatic rings. The summed E-state index contributed by atoms with van der Waals surface area (Å²) in [5.41, 5.74) is 5.94. The van der Waals surface area contributed by atoms with Crippen LogP contribution in [0.2, 0.25) is 0 Å².